The minimum atomic E-state index is -0.146. The van der Waals surface area contributed by atoms with Crippen LogP contribution >= 0.6 is 0 Å². The molecule has 0 spiro atoms. The number of nitrogens with zero attached hydrogens (tertiary/aromatic N) is 2. The summed E-state index contributed by atoms with van der Waals surface area (Å²) in [6.45, 7) is 9.15. The van der Waals surface area contributed by atoms with Crippen LogP contribution in [0.1, 0.15) is 36.1 Å². The molecular weight excluding hydrogens is 665 g/mol. The molecule has 2 nitrogen and oxygen atoms in total. The highest BCUT2D eigenvalue weighted by atomic mass is 15.0. The number of para-hydroxylation sites is 3. The molecule has 2 heteroatoms. The summed E-state index contributed by atoms with van der Waals surface area (Å²) in [6.07, 6.45) is 0. The highest BCUT2D eigenvalue weighted by Crippen LogP contribution is 2.51. The smallest absolute Gasteiger partial charge is 0.0541 e. The van der Waals surface area contributed by atoms with Crippen molar-refractivity contribution in [3.05, 3.63) is 192 Å². The van der Waals surface area contributed by atoms with Gasteiger partial charge in [0.2, 0.25) is 0 Å². The molecule has 10 aromatic rings. The van der Waals surface area contributed by atoms with Crippen molar-refractivity contribution < 1.29 is 0 Å². The lowest BCUT2D eigenvalue weighted by molar-refractivity contribution is 0.661. The van der Waals surface area contributed by atoms with Crippen molar-refractivity contribution in [3.63, 3.8) is 0 Å². The van der Waals surface area contributed by atoms with Gasteiger partial charge >= 0.3 is 0 Å². The lowest BCUT2D eigenvalue weighted by Gasteiger charge is -2.22. The summed E-state index contributed by atoms with van der Waals surface area (Å²) in [7, 11) is 0. The molecule has 0 atom stereocenters. The van der Waals surface area contributed by atoms with Crippen LogP contribution in [0.25, 0.3) is 88.4 Å². The van der Waals surface area contributed by atoms with Crippen LogP contribution in [0.2, 0.25) is 0 Å². The molecule has 2 heterocycles. The van der Waals surface area contributed by atoms with Gasteiger partial charge in [0.05, 0.1) is 22.1 Å². The van der Waals surface area contributed by atoms with Crippen molar-refractivity contribution >= 4 is 43.6 Å². The van der Waals surface area contributed by atoms with Crippen LogP contribution in [0.5, 0.6) is 0 Å². The van der Waals surface area contributed by atoms with E-state index in [4.69, 9.17) is 0 Å². The van der Waals surface area contributed by atoms with Crippen LogP contribution in [-0.4, -0.2) is 9.13 Å². The van der Waals surface area contributed by atoms with Gasteiger partial charge in [0, 0.05) is 38.3 Å². The maximum absolute atomic E-state index is 2.45. The Morgan fingerprint density at radius 1 is 0.345 bits per heavy atom. The van der Waals surface area contributed by atoms with Crippen molar-refractivity contribution in [1.29, 1.82) is 0 Å². The normalized spacial score (nSPS) is 13.2. The van der Waals surface area contributed by atoms with Gasteiger partial charge in [-0.15, -0.1) is 0 Å². The summed E-state index contributed by atoms with van der Waals surface area (Å²) in [5, 5.41) is 5.11. The van der Waals surface area contributed by atoms with Crippen LogP contribution < -0.4 is 0 Å². The SMILES string of the molecule is Cc1cc(C)cc(-n2c3ccccc3c3cc(-c4ccc5c(c4)C(C)(C)c4cc(-c6ccc7c(c6)c6ccccc6n7-c6ccccc6)ccc4-5)ccc32)c1. The molecule has 0 fully saturated rings. The molecule has 11 rings (SSSR count). The highest BCUT2D eigenvalue weighted by Gasteiger charge is 2.36. The number of hydrogen-bond acceptors (Lipinski definition) is 0. The first kappa shape index (κ1) is 31.8. The fourth-order valence-corrected chi connectivity index (χ4v) is 9.61. The van der Waals surface area contributed by atoms with E-state index in [9.17, 15) is 0 Å². The van der Waals surface area contributed by atoms with Gasteiger partial charge in [-0.3, -0.25) is 0 Å². The predicted molar refractivity (Wildman–Crippen MR) is 233 cm³/mol. The molecule has 1 aliphatic carbocycles. The predicted octanol–water partition coefficient (Wildman–Crippen LogP) is 14.1. The molecule has 0 amide bonds. The van der Waals surface area contributed by atoms with Crippen molar-refractivity contribution in [2.24, 2.45) is 0 Å². The summed E-state index contributed by atoms with van der Waals surface area (Å²) in [4.78, 5) is 0. The zero-order valence-electron chi connectivity index (χ0n) is 31.6. The Bertz CT molecular complexity index is 3170. The van der Waals surface area contributed by atoms with E-state index >= 15 is 0 Å². The maximum Gasteiger partial charge on any atom is 0.0541 e. The van der Waals surface area contributed by atoms with Crippen molar-refractivity contribution in [1.82, 2.24) is 9.13 Å². The monoisotopic (exact) mass is 704 g/mol. The van der Waals surface area contributed by atoms with Crippen LogP contribution in [0, 0.1) is 13.8 Å². The number of benzene rings is 8. The lowest BCUT2D eigenvalue weighted by atomic mass is 9.80. The summed E-state index contributed by atoms with van der Waals surface area (Å²) in [5.41, 5.74) is 20.2. The first-order chi connectivity index (χ1) is 26.8. The van der Waals surface area contributed by atoms with Gasteiger partial charge in [0.1, 0.15) is 0 Å². The molecule has 0 unspecified atom stereocenters. The second kappa shape index (κ2) is 11.7. The third kappa shape index (κ3) is 4.74. The van der Waals surface area contributed by atoms with Crippen molar-refractivity contribution in [3.8, 4) is 44.8 Å². The van der Waals surface area contributed by atoms with Gasteiger partial charge in [-0.05, 0) is 142 Å². The fraction of sp³-hybridized carbons (Fsp3) is 0.0943. The number of rotatable bonds is 4. The van der Waals surface area contributed by atoms with Crippen LogP contribution in [0.4, 0.5) is 0 Å². The van der Waals surface area contributed by atoms with E-state index in [-0.39, 0.29) is 5.41 Å². The second-order valence-electron chi connectivity index (χ2n) is 16.0. The van der Waals surface area contributed by atoms with E-state index in [1.54, 1.807) is 0 Å². The van der Waals surface area contributed by atoms with Crippen LogP contribution in [0.15, 0.2) is 170 Å². The minimum absolute atomic E-state index is 0.146. The first-order valence-electron chi connectivity index (χ1n) is 19.3. The van der Waals surface area contributed by atoms with Crippen molar-refractivity contribution in [2.45, 2.75) is 33.1 Å². The Hall–Kier alpha value is -6.64. The number of hydrogen-bond donors (Lipinski definition) is 0. The topological polar surface area (TPSA) is 9.86 Å². The standard InChI is InChI=1S/C53H40N2/c1-33-26-34(2)28-40(27-33)55-50-17-11-9-15-44(50)46-30-36(21-25-52(46)55)38-19-23-42-41-22-18-37(31-47(41)53(3,4)48(42)32-38)35-20-24-51-45(29-35)43-14-8-10-16-49(43)54(51)39-12-6-5-7-13-39/h5-32H,1-4H3. The minimum Gasteiger partial charge on any atom is -0.309 e. The van der Waals surface area contributed by atoms with Crippen LogP contribution in [0.3, 0.4) is 0 Å². The fourth-order valence-electron chi connectivity index (χ4n) is 9.61. The third-order valence-corrected chi connectivity index (χ3v) is 12.2. The molecule has 0 saturated heterocycles. The molecule has 1 aliphatic rings. The Kier molecular flexibility index (Phi) is 6.76. The van der Waals surface area contributed by atoms with Crippen molar-refractivity contribution in [2.75, 3.05) is 0 Å². The molecule has 8 aromatic carbocycles. The lowest BCUT2D eigenvalue weighted by Crippen LogP contribution is -2.15. The van der Waals surface area contributed by atoms with Crippen LogP contribution in [-0.2, 0) is 5.41 Å². The second-order valence-corrected chi connectivity index (χ2v) is 16.0. The summed E-state index contributed by atoms with van der Waals surface area (Å²) in [5.74, 6) is 0. The largest absolute Gasteiger partial charge is 0.309 e. The summed E-state index contributed by atoms with van der Waals surface area (Å²) in [6, 6.07) is 63.3. The quantitative estimate of drug-likeness (QED) is 0.173. The number of fused-ring (bicyclic) bond motifs is 9. The Morgan fingerprint density at radius 3 is 1.29 bits per heavy atom. The number of aromatic nitrogens is 2. The highest BCUT2D eigenvalue weighted by molar-refractivity contribution is 6.11. The Labute approximate surface area is 321 Å². The van der Waals surface area contributed by atoms with E-state index in [0.29, 0.717) is 0 Å². The zero-order chi connectivity index (χ0) is 37.0. The zero-order valence-corrected chi connectivity index (χ0v) is 31.6. The molecule has 262 valence electrons. The third-order valence-electron chi connectivity index (χ3n) is 12.2. The van der Waals surface area contributed by atoms with Gasteiger partial charge < -0.3 is 9.13 Å². The molecule has 0 saturated carbocycles. The van der Waals surface area contributed by atoms with E-state index in [0.717, 1.165) is 0 Å². The molecule has 0 bridgehead atoms. The Balaban J connectivity index is 0.993. The first-order valence-corrected chi connectivity index (χ1v) is 19.3. The van der Waals surface area contributed by atoms with E-state index in [1.807, 2.05) is 0 Å². The van der Waals surface area contributed by atoms with Gasteiger partial charge in [-0.25, -0.2) is 0 Å². The van der Waals surface area contributed by atoms with E-state index in [2.05, 4.69) is 207 Å². The van der Waals surface area contributed by atoms with E-state index < -0.39 is 0 Å². The van der Waals surface area contributed by atoms with Gasteiger partial charge in [0.25, 0.3) is 0 Å². The van der Waals surface area contributed by atoms with Gasteiger partial charge in [-0.1, -0.05) is 111 Å². The average molecular weight is 705 g/mol. The molecule has 2 aromatic heterocycles. The number of aryl methyl sites for hydroxylation is 2. The maximum atomic E-state index is 2.45. The molecule has 0 aliphatic heterocycles. The average Bonchev–Trinajstić information content (AvgIpc) is 3.80. The molecule has 55 heavy (non-hydrogen) atoms. The molecule has 0 N–H and O–H groups in total. The summed E-state index contributed by atoms with van der Waals surface area (Å²) < 4.78 is 4.81. The van der Waals surface area contributed by atoms with Gasteiger partial charge in [-0.2, -0.15) is 0 Å². The van der Waals surface area contributed by atoms with E-state index in [1.165, 1.54) is 111 Å². The Morgan fingerprint density at radius 2 is 0.764 bits per heavy atom. The summed E-state index contributed by atoms with van der Waals surface area (Å²) >= 11 is 0. The molecule has 0 radical (unpaired) electrons. The van der Waals surface area contributed by atoms with Gasteiger partial charge in [0.15, 0.2) is 0 Å². The molecular formula is C53H40N2.